The number of carbonyl (C=O) groups is 1. The van der Waals surface area contributed by atoms with Gasteiger partial charge >= 0.3 is 11.9 Å². The fraction of sp³-hybridized carbons (Fsp3) is 0.200. The Morgan fingerprint density at radius 3 is 2.86 bits per heavy atom. The van der Waals surface area contributed by atoms with E-state index in [0.29, 0.717) is 5.89 Å². The summed E-state index contributed by atoms with van der Waals surface area (Å²) in [7, 11) is 0. The number of aryl methyl sites for hydroxylation is 1. The predicted octanol–water partition coefficient (Wildman–Crippen LogP) is -0.857. The Hall–Kier alpha value is -2.32. The number of tetrazole rings is 1. The lowest BCUT2D eigenvalue weighted by molar-refractivity contribution is 0.101. The summed E-state index contributed by atoms with van der Waals surface area (Å²) in [5.74, 6) is -0.309. The number of nitrogens with zero attached hydrogens (tertiary/aromatic N) is 5. The molecule has 0 radical (unpaired) electrons. The van der Waals surface area contributed by atoms with Crippen LogP contribution in [0.25, 0.3) is 0 Å². The van der Waals surface area contributed by atoms with Gasteiger partial charge in [-0.1, -0.05) is 5.10 Å². The summed E-state index contributed by atoms with van der Waals surface area (Å²) in [5.41, 5.74) is 0. The zero-order valence-corrected chi connectivity index (χ0v) is 7.05. The third-order valence-electron chi connectivity index (χ3n) is 1.29. The number of H-pyrrole nitrogens is 1. The number of aromatic amines is 1. The van der Waals surface area contributed by atoms with E-state index in [0.717, 1.165) is 0 Å². The monoisotopic (exact) mass is 195 g/mol. The lowest BCUT2D eigenvalue weighted by Gasteiger charge is -1.92. The molecule has 2 rings (SSSR count). The first kappa shape index (κ1) is 8.29. The minimum absolute atomic E-state index is 0.00250. The maximum absolute atomic E-state index is 11.3. The van der Waals surface area contributed by atoms with Crippen LogP contribution < -0.4 is 5.32 Å². The van der Waals surface area contributed by atoms with Crippen LogP contribution >= 0.6 is 0 Å². The Balaban J connectivity index is 2.09. The highest BCUT2D eigenvalue weighted by atomic mass is 16.4. The molecule has 2 heterocycles. The third-order valence-corrected chi connectivity index (χ3v) is 1.29. The number of hydrogen-bond acceptors (Lipinski definition) is 7. The summed E-state index contributed by atoms with van der Waals surface area (Å²) in [4.78, 5) is 11.3. The number of carbonyl (C=O) groups excluding carboxylic acids is 1. The molecule has 0 aliphatic heterocycles. The first-order valence-corrected chi connectivity index (χ1v) is 3.60. The predicted molar refractivity (Wildman–Crippen MR) is 41.2 cm³/mol. The summed E-state index contributed by atoms with van der Waals surface area (Å²) in [6.07, 6.45) is 0. The van der Waals surface area contributed by atoms with Crippen molar-refractivity contribution in [2.45, 2.75) is 6.92 Å². The molecule has 2 N–H and O–H groups in total. The van der Waals surface area contributed by atoms with Crippen molar-refractivity contribution in [3.8, 4) is 0 Å². The summed E-state index contributed by atoms with van der Waals surface area (Å²) < 4.78 is 4.91. The molecule has 0 bridgehead atoms. The molecule has 0 saturated carbocycles. The number of hydrogen-bond donors (Lipinski definition) is 2. The zero-order valence-electron chi connectivity index (χ0n) is 7.05. The van der Waals surface area contributed by atoms with Gasteiger partial charge in [-0.3, -0.25) is 10.1 Å². The van der Waals surface area contributed by atoms with Gasteiger partial charge in [-0.15, -0.1) is 15.3 Å². The van der Waals surface area contributed by atoms with Crippen LogP contribution in [0.3, 0.4) is 0 Å². The topological polar surface area (TPSA) is 122 Å². The highest BCUT2D eigenvalue weighted by Gasteiger charge is 2.13. The van der Waals surface area contributed by atoms with E-state index in [1.807, 2.05) is 0 Å². The van der Waals surface area contributed by atoms with Crippen LogP contribution in [0, 0.1) is 6.92 Å². The molecule has 2 aromatic heterocycles. The lowest BCUT2D eigenvalue weighted by Crippen LogP contribution is -2.14. The van der Waals surface area contributed by atoms with Gasteiger partial charge in [0.2, 0.25) is 5.89 Å². The Bertz CT molecular complexity index is 433. The minimum atomic E-state index is -0.567. The molecule has 0 aromatic carbocycles. The molecule has 9 heteroatoms. The van der Waals surface area contributed by atoms with Crippen LogP contribution in [0.5, 0.6) is 0 Å². The molecule has 72 valence electrons. The molecule has 0 aliphatic rings. The van der Waals surface area contributed by atoms with Gasteiger partial charge in [0.1, 0.15) is 0 Å². The summed E-state index contributed by atoms with van der Waals surface area (Å²) in [6, 6.07) is -0.00250. The van der Waals surface area contributed by atoms with Gasteiger partial charge in [0, 0.05) is 6.92 Å². The van der Waals surface area contributed by atoms with Crippen LogP contribution in [0.2, 0.25) is 0 Å². The zero-order chi connectivity index (χ0) is 9.97. The number of nitrogens with one attached hydrogen (secondary N) is 2. The molecular formula is C5H5N7O2. The van der Waals surface area contributed by atoms with E-state index in [4.69, 9.17) is 4.42 Å². The Morgan fingerprint density at radius 2 is 2.29 bits per heavy atom. The Morgan fingerprint density at radius 1 is 1.43 bits per heavy atom. The van der Waals surface area contributed by atoms with E-state index >= 15 is 0 Å². The third kappa shape index (κ3) is 1.55. The number of aromatic nitrogens is 6. The Kier molecular flexibility index (Phi) is 1.89. The maximum Gasteiger partial charge on any atom is 0.322 e. The van der Waals surface area contributed by atoms with Crippen molar-refractivity contribution in [3.05, 3.63) is 11.7 Å². The summed E-state index contributed by atoms with van der Waals surface area (Å²) in [6.45, 7) is 1.61. The van der Waals surface area contributed by atoms with Gasteiger partial charge in [-0.2, -0.15) is 5.21 Å². The smallest absolute Gasteiger partial charge is 0.322 e. The minimum Gasteiger partial charge on any atom is -0.408 e. The van der Waals surface area contributed by atoms with Crippen molar-refractivity contribution in [3.63, 3.8) is 0 Å². The van der Waals surface area contributed by atoms with Gasteiger partial charge in [0.15, 0.2) is 0 Å². The molecular weight excluding hydrogens is 190 g/mol. The van der Waals surface area contributed by atoms with E-state index in [1.165, 1.54) is 0 Å². The van der Waals surface area contributed by atoms with Crippen molar-refractivity contribution in [2.24, 2.45) is 0 Å². The first-order valence-electron chi connectivity index (χ1n) is 3.60. The molecule has 0 saturated heterocycles. The van der Waals surface area contributed by atoms with Crippen LogP contribution in [-0.4, -0.2) is 36.7 Å². The van der Waals surface area contributed by atoms with E-state index in [9.17, 15) is 4.79 Å². The van der Waals surface area contributed by atoms with Gasteiger partial charge in [-0.25, -0.2) is 0 Å². The van der Waals surface area contributed by atoms with Gasteiger partial charge in [0.05, 0.1) is 0 Å². The lowest BCUT2D eigenvalue weighted by atomic mass is 10.6. The number of amides is 1. The average molecular weight is 195 g/mol. The first-order chi connectivity index (χ1) is 6.75. The fourth-order valence-corrected chi connectivity index (χ4v) is 0.758. The van der Waals surface area contributed by atoms with Gasteiger partial charge < -0.3 is 4.42 Å². The van der Waals surface area contributed by atoms with Crippen molar-refractivity contribution < 1.29 is 9.21 Å². The quantitative estimate of drug-likeness (QED) is 0.639. The second kappa shape index (κ2) is 3.20. The van der Waals surface area contributed by atoms with E-state index in [2.05, 4.69) is 36.1 Å². The van der Waals surface area contributed by atoms with E-state index in [1.54, 1.807) is 6.92 Å². The molecule has 2 aromatic rings. The van der Waals surface area contributed by atoms with Crippen molar-refractivity contribution in [1.82, 2.24) is 30.8 Å². The van der Waals surface area contributed by atoms with Crippen molar-refractivity contribution in [1.29, 1.82) is 0 Å². The summed E-state index contributed by atoms with van der Waals surface area (Å²) in [5, 5.41) is 21.7. The SMILES string of the molecule is Cc1nnc(NC(=O)c2nn[nH]n2)o1. The highest BCUT2D eigenvalue weighted by Crippen LogP contribution is 2.04. The van der Waals surface area contributed by atoms with Crippen LogP contribution in [0.15, 0.2) is 4.42 Å². The maximum atomic E-state index is 11.3. The molecule has 0 unspecified atom stereocenters. The van der Waals surface area contributed by atoms with Gasteiger partial charge in [0.25, 0.3) is 5.82 Å². The average Bonchev–Trinajstić information content (AvgIpc) is 2.75. The molecule has 14 heavy (non-hydrogen) atoms. The standard InChI is InChI=1S/C5H5N7O2/c1-2-7-10-5(14-2)6-4(13)3-8-11-12-9-3/h1H3,(H,6,10,13)(H,8,9,11,12). The Labute approximate surface area is 76.9 Å². The fourth-order valence-electron chi connectivity index (χ4n) is 0.758. The molecule has 9 nitrogen and oxygen atoms in total. The number of anilines is 1. The van der Waals surface area contributed by atoms with Crippen molar-refractivity contribution in [2.75, 3.05) is 5.32 Å². The second-order valence-electron chi connectivity index (χ2n) is 2.32. The van der Waals surface area contributed by atoms with Crippen LogP contribution in [0.1, 0.15) is 16.5 Å². The molecule has 0 fully saturated rings. The number of rotatable bonds is 2. The summed E-state index contributed by atoms with van der Waals surface area (Å²) >= 11 is 0. The second-order valence-corrected chi connectivity index (χ2v) is 2.32. The normalized spacial score (nSPS) is 10.1. The molecule has 0 spiro atoms. The molecule has 0 aliphatic carbocycles. The van der Waals surface area contributed by atoms with Crippen LogP contribution in [-0.2, 0) is 0 Å². The van der Waals surface area contributed by atoms with E-state index < -0.39 is 5.91 Å². The van der Waals surface area contributed by atoms with E-state index in [-0.39, 0.29) is 11.8 Å². The largest absolute Gasteiger partial charge is 0.408 e. The van der Waals surface area contributed by atoms with Crippen LogP contribution in [0.4, 0.5) is 6.01 Å². The van der Waals surface area contributed by atoms with Crippen molar-refractivity contribution >= 4 is 11.9 Å². The highest BCUT2D eigenvalue weighted by molar-refractivity contribution is 5.99. The molecule has 1 amide bonds. The molecule has 0 atom stereocenters. The van der Waals surface area contributed by atoms with Gasteiger partial charge in [-0.05, 0) is 5.21 Å².